The summed E-state index contributed by atoms with van der Waals surface area (Å²) < 4.78 is 0. The summed E-state index contributed by atoms with van der Waals surface area (Å²) in [6, 6.07) is 8.30. The van der Waals surface area contributed by atoms with E-state index in [2.05, 4.69) is 0 Å². The Kier molecular flexibility index (Phi) is 15.3. The normalized spacial score (nSPS) is 8.24. The molecule has 0 aliphatic heterocycles. The van der Waals surface area contributed by atoms with Crippen molar-refractivity contribution in [1.82, 2.24) is 0 Å². The molecule has 98 valence electrons. The van der Waals surface area contributed by atoms with Gasteiger partial charge in [-0.05, 0) is 12.1 Å². The predicted molar refractivity (Wildman–Crippen MR) is 61.7 cm³/mol. The lowest BCUT2D eigenvalue weighted by Crippen LogP contribution is -1.93. The minimum Gasteiger partial charge on any atom is -0.478 e. The number of carboxylic acid groups (broad SMARTS) is 1. The average Bonchev–Trinajstić information content (AvgIpc) is 2.40. The fraction of sp³-hybridized carbons (Fsp3) is 0.364. The molecule has 0 aromatic heterocycles. The van der Waals surface area contributed by atoms with E-state index in [0.29, 0.717) is 5.56 Å². The molecule has 1 rings (SSSR count). The highest BCUT2D eigenvalue weighted by atomic mass is 16.4. The third-order valence-electron chi connectivity index (χ3n) is 1.22. The molecule has 0 atom stereocenters. The smallest absolute Gasteiger partial charge is 0.335 e. The Hall–Kier alpha value is -1.47. The second kappa shape index (κ2) is 14.5. The third kappa shape index (κ3) is 14.5. The summed E-state index contributed by atoms with van der Waals surface area (Å²) in [5.74, 6) is -0.879. The molecule has 17 heavy (non-hydrogen) atoms. The summed E-state index contributed by atoms with van der Waals surface area (Å²) in [7, 11) is 0. The van der Waals surface area contributed by atoms with E-state index in [4.69, 9.17) is 25.5 Å². The number of rotatable bonds is 3. The maximum atomic E-state index is 10.2. The highest BCUT2D eigenvalue weighted by Crippen LogP contribution is 1.96. The lowest BCUT2D eigenvalue weighted by Gasteiger charge is -1.88. The first-order valence-corrected chi connectivity index (χ1v) is 4.85. The second-order valence-electron chi connectivity index (χ2n) is 2.57. The summed E-state index contributed by atoms with van der Waals surface area (Å²) >= 11 is 0. The molecule has 1 aromatic carbocycles. The van der Waals surface area contributed by atoms with Crippen LogP contribution in [-0.4, -0.2) is 57.9 Å². The molecule has 0 unspecified atom stereocenters. The highest BCUT2D eigenvalue weighted by Gasteiger charge is 1.96. The summed E-state index contributed by atoms with van der Waals surface area (Å²) in [5, 5.41) is 38.9. The molecule has 5 N–H and O–H groups in total. The van der Waals surface area contributed by atoms with Crippen LogP contribution in [0.2, 0.25) is 0 Å². The largest absolute Gasteiger partial charge is 0.478 e. The highest BCUT2D eigenvalue weighted by molar-refractivity contribution is 5.87. The van der Waals surface area contributed by atoms with Gasteiger partial charge in [0.15, 0.2) is 0 Å². The van der Waals surface area contributed by atoms with E-state index < -0.39 is 5.97 Å². The SMILES string of the molecule is O=C(O)c1ccccc1.OCCO.OCCO. The van der Waals surface area contributed by atoms with Crippen LogP contribution in [0.5, 0.6) is 0 Å². The average molecular weight is 246 g/mol. The van der Waals surface area contributed by atoms with Gasteiger partial charge in [-0.15, -0.1) is 0 Å². The van der Waals surface area contributed by atoms with Crippen molar-refractivity contribution >= 4 is 5.97 Å². The van der Waals surface area contributed by atoms with E-state index in [1.807, 2.05) is 0 Å². The summed E-state index contributed by atoms with van der Waals surface area (Å²) in [6.45, 7) is -0.500. The molecule has 0 spiro atoms. The van der Waals surface area contributed by atoms with Gasteiger partial charge in [0, 0.05) is 0 Å². The molecule has 0 aliphatic rings. The molecular formula is C11H18O6. The zero-order valence-corrected chi connectivity index (χ0v) is 9.36. The Bertz CT molecular complexity index is 254. The maximum Gasteiger partial charge on any atom is 0.335 e. The molecule has 0 bridgehead atoms. The Morgan fingerprint density at radius 2 is 1.18 bits per heavy atom. The standard InChI is InChI=1S/C7H6O2.2C2H6O2/c8-7(9)6-4-2-1-3-5-6;2*3-1-2-4/h1-5H,(H,8,9);2*3-4H,1-2H2. The van der Waals surface area contributed by atoms with Crippen molar-refractivity contribution in [3.8, 4) is 0 Å². The number of aliphatic hydroxyl groups is 4. The van der Waals surface area contributed by atoms with Crippen LogP contribution in [0.15, 0.2) is 30.3 Å². The molecule has 0 amide bonds. The van der Waals surface area contributed by atoms with Gasteiger partial charge >= 0.3 is 5.97 Å². The molecule has 0 radical (unpaired) electrons. The van der Waals surface area contributed by atoms with Gasteiger partial charge in [-0.1, -0.05) is 18.2 Å². The molecular weight excluding hydrogens is 228 g/mol. The van der Waals surface area contributed by atoms with Crippen LogP contribution >= 0.6 is 0 Å². The molecule has 0 saturated carbocycles. The van der Waals surface area contributed by atoms with Gasteiger partial charge in [0.25, 0.3) is 0 Å². The number of hydrogen-bond donors (Lipinski definition) is 5. The van der Waals surface area contributed by atoms with Crippen molar-refractivity contribution in [2.75, 3.05) is 26.4 Å². The summed E-state index contributed by atoms with van der Waals surface area (Å²) in [6.07, 6.45) is 0. The van der Waals surface area contributed by atoms with Crippen molar-refractivity contribution in [2.24, 2.45) is 0 Å². The second-order valence-corrected chi connectivity index (χ2v) is 2.57. The third-order valence-corrected chi connectivity index (χ3v) is 1.22. The first kappa shape index (κ1) is 17.9. The van der Waals surface area contributed by atoms with Gasteiger partial charge in [-0.2, -0.15) is 0 Å². The number of hydrogen-bond acceptors (Lipinski definition) is 5. The van der Waals surface area contributed by atoms with Crippen LogP contribution in [-0.2, 0) is 0 Å². The molecule has 0 saturated heterocycles. The van der Waals surface area contributed by atoms with Crippen molar-refractivity contribution in [1.29, 1.82) is 0 Å². The van der Waals surface area contributed by atoms with E-state index >= 15 is 0 Å². The first-order valence-electron chi connectivity index (χ1n) is 4.85. The number of aromatic carboxylic acids is 1. The number of carbonyl (C=O) groups is 1. The minimum absolute atomic E-state index is 0.125. The van der Waals surface area contributed by atoms with E-state index in [0.717, 1.165) is 0 Å². The van der Waals surface area contributed by atoms with Gasteiger partial charge in [0.2, 0.25) is 0 Å². The lowest BCUT2D eigenvalue weighted by atomic mass is 10.2. The van der Waals surface area contributed by atoms with E-state index in [1.165, 1.54) is 0 Å². The number of carboxylic acids is 1. The van der Waals surface area contributed by atoms with Crippen LogP contribution in [0.4, 0.5) is 0 Å². The Morgan fingerprint density at radius 1 is 0.824 bits per heavy atom. The van der Waals surface area contributed by atoms with E-state index in [9.17, 15) is 4.79 Å². The number of benzene rings is 1. The summed E-state index contributed by atoms with van der Waals surface area (Å²) in [5.41, 5.74) is 0.331. The molecule has 0 aliphatic carbocycles. The van der Waals surface area contributed by atoms with Gasteiger partial charge < -0.3 is 25.5 Å². The molecule has 6 nitrogen and oxygen atoms in total. The van der Waals surface area contributed by atoms with Gasteiger partial charge in [-0.3, -0.25) is 0 Å². The maximum absolute atomic E-state index is 10.2. The minimum atomic E-state index is -0.879. The van der Waals surface area contributed by atoms with Crippen molar-refractivity contribution in [3.05, 3.63) is 35.9 Å². The lowest BCUT2D eigenvalue weighted by molar-refractivity contribution is 0.0697. The molecule has 1 aromatic rings. The zero-order valence-electron chi connectivity index (χ0n) is 9.36. The van der Waals surface area contributed by atoms with Crippen LogP contribution in [0.1, 0.15) is 10.4 Å². The molecule has 0 fully saturated rings. The molecule has 6 heteroatoms. The van der Waals surface area contributed by atoms with Crippen molar-refractivity contribution < 1.29 is 30.3 Å². The quantitative estimate of drug-likeness (QED) is 0.482. The van der Waals surface area contributed by atoms with Crippen LogP contribution in [0.25, 0.3) is 0 Å². The first-order chi connectivity index (χ1) is 8.13. The van der Waals surface area contributed by atoms with Crippen LogP contribution < -0.4 is 0 Å². The molecule has 0 heterocycles. The monoisotopic (exact) mass is 246 g/mol. The van der Waals surface area contributed by atoms with Crippen molar-refractivity contribution in [3.63, 3.8) is 0 Å². The topological polar surface area (TPSA) is 118 Å². The van der Waals surface area contributed by atoms with Gasteiger partial charge in [0.1, 0.15) is 0 Å². The number of aliphatic hydroxyl groups excluding tert-OH is 4. The Labute approximate surface area is 99.4 Å². The summed E-state index contributed by atoms with van der Waals surface area (Å²) in [4.78, 5) is 10.2. The van der Waals surface area contributed by atoms with E-state index in [-0.39, 0.29) is 26.4 Å². The van der Waals surface area contributed by atoms with Gasteiger partial charge in [0.05, 0.1) is 32.0 Å². The van der Waals surface area contributed by atoms with Crippen molar-refractivity contribution in [2.45, 2.75) is 0 Å². The predicted octanol–water partition coefficient (Wildman–Crippen LogP) is -0.673. The van der Waals surface area contributed by atoms with Crippen LogP contribution in [0, 0.1) is 0 Å². The fourth-order valence-corrected chi connectivity index (χ4v) is 0.581. The van der Waals surface area contributed by atoms with Gasteiger partial charge in [-0.25, -0.2) is 4.79 Å². The van der Waals surface area contributed by atoms with E-state index in [1.54, 1.807) is 30.3 Å². The fourth-order valence-electron chi connectivity index (χ4n) is 0.581. The van der Waals surface area contributed by atoms with Crippen LogP contribution in [0.3, 0.4) is 0 Å². The zero-order chi connectivity index (χ0) is 13.5. The Balaban J connectivity index is 0. The Morgan fingerprint density at radius 3 is 1.35 bits per heavy atom.